The largest absolute Gasteiger partial charge is 0.386 e. The van der Waals surface area contributed by atoms with E-state index in [-0.39, 0.29) is 0 Å². The van der Waals surface area contributed by atoms with E-state index in [1.54, 1.807) is 6.07 Å². The van der Waals surface area contributed by atoms with Gasteiger partial charge in [-0.2, -0.15) is 0 Å². The Kier molecular flexibility index (Phi) is 2.46. The summed E-state index contributed by atoms with van der Waals surface area (Å²) in [4.78, 5) is 0. The van der Waals surface area contributed by atoms with Crippen LogP contribution in [0.2, 0.25) is 0 Å². The Hall–Kier alpha value is -1.41. The normalized spacial score (nSPS) is 13.0. The van der Waals surface area contributed by atoms with Crippen molar-refractivity contribution in [2.75, 3.05) is 6.67 Å². The number of benzene rings is 2. The molecule has 0 radical (unpaired) electrons. The van der Waals surface area contributed by atoms with Gasteiger partial charge in [0.2, 0.25) is 0 Å². The van der Waals surface area contributed by atoms with Crippen LogP contribution in [0.3, 0.4) is 0 Å². The molecule has 0 bridgehead atoms. The molecule has 2 heteroatoms. The zero-order valence-corrected chi connectivity index (χ0v) is 7.65. The Morgan fingerprint density at radius 3 is 2.57 bits per heavy atom. The second-order valence-electron chi connectivity index (χ2n) is 3.24. The van der Waals surface area contributed by atoms with Crippen LogP contribution in [0.5, 0.6) is 0 Å². The van der Waals surface area contributed by atoms with Crippen LogP contribution >= 0.6 is 0 Å². The predicted molar refractivity (Wildman–Crippen MR) is 54.9 cm³/mol. The van der Waals surface area contributed by atoms with Crippen molar-refractivity contribution in [1.29, 1.82) is 0 Å². The third kappa shape index (κ3) is 1.49. The van der Waals surface area contributed by atoms with Crippen molar-refractivity contribution in [3.63, 3.8) is 0 Å². The highest BCUT2D eigenvalue weighted by molar-refractivity contribution is 5.85. The molecule has 2 aromatic carbocycles. The fourth-order valence-electron chi connectivity index (χ4n) is 1.62. The van der Waals surface area contributed by atoms with Crippen LogP contribution < -0.4 is 0 Å². The van der Waals surface area contributed by atoms with Crippen molar-refractivity contribution in [3.8, 4) is 0 Å². The highest BCUT2D eigenvalue weighted by Crippen LogP contribution is 2.24. The fraction of sp³-hybridized carbons (Fsp3) is 0.167. The van der Waals surface area contributed by atoms with Gasteiger partial charge in [-0.15, -0.1) is 0 Å². The Morgan fingerprint density at radius 2 is 1.79 bits per heavy atom. The average Bonchev–Trinajstić information content (AvgIpc) is 2.27. The predicted octanol–water partition coefficient (Wildman–Crippen LogP) is 2.84. The van der Waals surface area contributed by atoms with E-state index in [2.05, 4.69) is 0 Å². The average molecular weight is 190 g/mol. The maximum Gasteiger partial charge on any atom is 0.119 e. The first kappa shape index (κ1) is 9.16. The minimum atomic E-state index is -1.01. The zero-order valence-electron chi connectivity index (χ0n) is 7.65. The number of alkyl halides is 1. The van der Waals surface area contributed by atoms with Gasteiger partial charge in [-0.3, -0.25) is 0 Å². The summed E-state index contributed by atoms with van der Waals surface area (Å²) in [6.45, 7) is -0.742. The van der Waals surface area contributed by atoms with Crippen LogP contribution in [0.15, 0.2) is 42.5 Å². The van der Waals surface area contributed by atoms with Crippen LogP contribution in [-0.4, -0.2) is 11.8 Å². The molecule has 0 saturated carbocycles. The van der Waals surface area contributed by atoms with Gasteiger partial charge in [-0.05, 0) is 16.3 Å². The van der Waals surface area contributed by atoms with Gasteiger partial charge in [0.05, 0.1) is 0 Å². The number of halogens is 1. The molecule has 1 nitrogen and oxygen atoms in total. The molecular formula is C12H11FO. The number of hydrogen-bond donors (Lipinski definition) is 1. The summed E-state index contributed by atoms with van der Waals surface area (Å²) < 4.78 is 12.4. The molecule has 0 aliphatic heterocycles. The van der Waals surface area contributed by atoms with Crippen LogP contribution in [0.1, 0.15) is 11.7 Å². The standard InChI is InChI=1S/C12H11FO/c13-8-12(14)11-7-3-5-9-4-1-2-6-10(9)11/h1-7,12,14H,8H2. The van der Waals surface area contributed by atoms with Crippen molar-refractivity contribution in [1.82, 2.24) is 0 Å². The van der Waals surface area contributed by atoms with Gasteiger partial charge in [0.25, 0.3) is 0 Å². The fourth-order valence-corrected chi connectivity index (χ4v) is 1.62. The lowest BCUT2D eigenvalue weighted by Gasteiger charge is -2.09. The minimum absolute atomic E-state index is 0.658. The molecule has 14 heavy (non-hydrogen) atoms. The second-order valence-corrected chi connectivity index (χ2v) is 3.24. The van der Waals surface area contributed by atoms with Gasteiger partial charge in [0.15, 0.2) is 0 Å². The first-order valence-corrected chi connectivity index (χ1v) is 4.54. The molecule has 1 N–H and O–H groups in total. The highest BCUT2D eigenvalue weighted by atomic mass is 19.1. The Labute approximate surface area is 81.8 Å². The molecule has 1 atom stereocenters. The second kappa shape index (κ2) is 3.76. The molecule has 0 spiro atoms. The van der Waals surface area contributed by atoms with Crippen molar-refractivity contribution in [2.45, 2.75) is 6.10 Å². The molecule has 0 aliphatic rings. The number of aliphatic hydroxyl groups is 1. The summed E-state index contributed by atoms with van der Waals surface area (Å²) >= 11 is 0. The van der Waals surface area contributed by atoms with Gasteiger partial charge < -0.3 is 5.11 Å². The van der Waals surface area contributed by atoms with E-state index in [0.29, 0.717) is 5.56 Å². The molecule has 0 aliphatic carbocycles. The lowest BCUT2D eigenvalue weighted by atomic mass is 10.0. The number of rotatable bonds is 2. The molecular weight excluding hydrogens is 179 g/mol. The van der Waals surface area contributed by atoms with E-state index in [0.717, 1.165) is 10.8 Å². The first-order chi connectivity index (χ1) is 6.83. The van der Waals surface area contributed by atoms with Crippen molar-refractivity contribution in [2.24, 2.45) is 0 Å². The summed E-state index contributed by atoms with van der Waals surface area (Å²) in [6, 6.07) is 13.2. The monoisotopic (exact) mass is 190 g/mol. The molecule has 1 unspecified atom stereocenters. The van der Waals surface area contributed by atoms with Gasteiger partial charge in [0.1, 0.15) is 12.8 Å². The van der Waals surface area contributed by atoms with Gasteiger partial charge >= 0.3 is 0 Å². The van der Waals surface area contributed by atoms with E-state index >= 15 is 0 Å². The van der Waals surface area contributed by atoms with E-state index in [4.69, 9.17) is 0 Å². The molecule has 2 aromatic rings. The maximum atomic E-state index is 12.4. The number of aliphatic hydroxyl groups excluding tert-OH is 1. The molecule has 0 fully saturated rings. The van der Waals surface area contributed by atoms with Crippen LogP contribution in [-0.2, 0) is 0 Å². The quantitative estimate of drug-likeness (QED) is 0.772. The van der Waals surface area contributed by atoms with Crippen molar-refractivity contribution >= 4 is 10.8 Å². The lowest BCUT2D eigenvalue weighted by molar-refractivity contribution is 0.143. The van der Waals surface area contributed by atoms with Crippen LogP contribution in [0.4, 0.5) is 4.39 Å². The zero-order chi connectivity index (χ0) is 9.97. The summed E-state index contributed by atoms with van der Waals surface area (Å²) in [5.41, 5.74) is 0.658. The maximum absolute atomic E-state index is 12.4. The smallest absolute Gasteiger partial charge is 0.119 e. The Bertz CT molecular complexity index is 434. The summed E-state index contributed by atoms with van der Waals surface area (Å²) in [6.07, 6.45) is -1.01. The minimum Gasteiger partial charge on any atom is -0.386 e. The van der Waals surface area contributed by atoms with Crippen LogP contribution in [0.25, 0.3) is 10.8 Å². The number of hydrogen-bond acceptors (Lipinski definition) is 1. The third-order valence-corrected chi connectivity index (χ3v) is 2.33. The molecule has 2 rings (SSSR count). The van der Waals surface area contributed by atoms with Crippen LogP contribution in [0, 0.1) is 0 Å². The molecule has 0 saturated heterocycles. The molecule has 0 aromatic heterocycles. The Balaban J connectivity index is 2.65. The molecule has 72 valence electrons. The number of fused-ring (bicyclic) bond motifs is 1. The van der Waals surface area contributed by atoms with Gasteiger partial charge in [-0.25, -0.2) is 4.39 Å². The topological polar surface area (TPSA) is 20.2 Å². The molecule has 0 amide bonds. The van der Waals surface area contributed by atoms with E-state index in [1.165, 1.54) is 0 Å². The summed E-state index contributed by atoms with van der Waals surface area (Å²) in [7, 11) is 0. The van der Waals surface area contributed by atoms with Gasteiger partial charge in [-0.1, -0.05) is 42.5 Å². The van der Waals surface area contributed by atoms with E-state index in [9.17, 15) is 9.50 Å². The van der Waals surface area contributed by atoms with E-state index in [1.807, 2.05) is 36.4 Å². The van der Waals surface area contributed by atoms with E-state index < -0.39 is 12.8 Å². The first-order valence-electron chi connectivity index (χ1n) is 4.54. The van der Waals surface area contributed by atoms with Crippen molar-refractivity contribution in [3.05, 3.63) is 48.0 Å². The lowest BCUT2D eigenvalue weighted by Crippen LogP contribution is -1.99. The highest BCUT2D eigenvalue weighted by Gasteiger charge is 2.09. The third-order valence-electron chi connectivity index (χ3n) is 2.33. The Morgan fingerprint density at radius 1 is 1.07 bits per heavy atom. The van der Waals surface area contributed by atoms with Crippen molar-refractivity contribution < 1.29 is 9.50 Å². The summed E-state index contributed by atoms with van der Waals surface area (Å²) in [5.74, 6) is 0. The van der Waals surface area contributed by atoms with Gasteiger partial charge in [0, 0.05) is 0 Å². The molecule has 0 heterocycles. The summed E-state index contributed by atoms with van der Waals surface area (Å²) in [5, 5.41) is 11.4. The SMILES string of the molecule is OC(CF)c1cccc2ccccc12.